The van der Waals surface area contributed by atoms with E-state index in [4.69, 9.17) is 16.3 Å². The van der Waals surface area contributed by atoms with Gasteiger partial charge in [0.2, 0.25) is 11.8 Å². The molecule has 6 nitrogen and oxygen atoms in total. The van der Waals surface area contributed by atoms with E-state index in [9.17, 15) is 9.59 Å². The first-order chi connectivity index (χ1) is 12.1. The number of rotatable bonds is 6. The number of halogens is 1. The van der Waals surface area contributed by atoms with E-state index in [-0.39, 0.29) is 24.3 Å². The third kappa shape index (κ3) is 5.45. The zero-order valence-corrected chi connectivity index (χ0v) is 15.2. The zero-order valence-electron chi connectivity index (χ0n) is 13.7. The van der Waals surface area contributed by atoms with Crippen molar-refractivity contribution in [3.05, 3.63) is 34.9 Å². The average molecular weight is 382 g/mol. The van der Waals surface area contributed by atoms with Gasteiger partial charge < -0.3 is 15.4 Å². The summed E-state index contributed by atoms with van der Waals surface area (Å²) in [6, 6.07) is 7.27. The average Bonchev–Trinajstić information content (AvgIpc) is 3.23. The highest BCUT2D eigenvalue weighted by Gasteiger charge is 2.32. The molecular weight excluding hydrogens is 362 g/mol. The summed E-state index contributed by atoms with van der Waals surface area (Å²) < 4.78 is 5.51. The predicted octanol–water partition coefficient (Wildman–Crippen LogP) is 2.11. The highest BCUT2D eigenvalue weighted by Crippen LogP contribution is 2.23. The lowest BCUT2D eigenvalue weighted by Crippen LogP contribution is -2.31. The normalized spacial score (nSPS) is 24.5. The first-order valence-corrected chi connectivity index (χ1v) is 9.50. The monoisotopic (exact) mass is 381 g/mol. The highest BCUT2D eigenvalue weighted by molar-refractivity contribution is 8.15. The predicted molar refractivity (Wildman–Crippen MR) is 98.7 cm³/mol. The molecule has 0 saturated carbocycles. The quantitative estimate of drug-likeness (QED) is 0.791. The van der Waals surface area contributed by atoms with Crippen LogP contribution in [0.15, 0.2) is 29.3 Å². The van der Waals surface area contributed by atoms with Crippen LogP contribution >= 0.6 is 23.4 Å². The Morgan fingerprint density at radius 3 is 2.92 bits per heavy atom. The Kier molecular flexibility index (Phi) is 6.34. The number of amides is 2. The van der Waals surface area contributed by atoms with Gasteiger partial charge in [0.05, 0.1) is 12.6 Å². The number of carbonyl (C=O) groups excluding carboxylic acids is 2. The van der Waals surface area contributed by atoms with Crippen molar-refractivity contribution in [1.29, 1.82) is 0 Å². The first kappa shape index (κ1) is 18.2. The molecule has 2 atom stereocenters. The number of amidine groups is 1. The summed E-state index contributed by atoms with van der Waals surface area (Å²) in [5.41, 5.74) is 0.958. The molecular formula is C17H20ClN3O3S. The third-order valence-corrected chi connectivity index (χ3v) is 5.38. The molecule has 0 bridgehead atoms. The molecule has 2 amide bonds. The van der Waals surface area contributed by atoms with Crippen molar-refractivity contribution in [1.82, 2.24) is 10.6 Å². The molecule has 1 aromatic carbocycles. The van der Waals surface area contributed by atoms with Crippen molar-refractivity contribution in [3.63, 3.8) is 0 Å². The van der Waals surface area contributed by atoms with E-state index in [0.29, 0.717) is 23.3 Å². The Bertz CT molecular complexity index is 660. The molecule has 2 aliphatic rings. The van der Waals surface area contributed by atoms with Crippen LogP contribution in [0.2, 0.25) is 5.02 Å². The summed E-state index contributed by atoms with van der Waals surface area (Å²) in [7, 11) is 0. The molecule has 3 rings (SSSR count). The van der Waals surface area contributed by atoms with Crippen LogP contribution in [-0.2, 0) is 20.9 Å². The van der Waals surface area contributed by atoms with Gasteiger partial charge >= 0.3 is 0 Å². The summed E-state index contributed by atoms with van der Waals surface area (Å²) in [5, 5.41) is 6.36. The maximum atomic E-state index is 12.1. The van der Waals surface area contributed by atoms with Crippen LogP contribution < -0.4 is 10.6 Å². The molecule has 0 aromatic heterocycles. The van der Waals surface area contributed by atoms with Crippen LogP contribution in [0, 0.1) is 0 Å². The second-order valence-electron chi connectivity index (χ2n) is 5.98. The molecule has 25 heavy (non-hydrogen) atoms. The van der Waals surface area contributed by atoms with Crippen molar-refractivity contribution in [2.24, 2.45) is 4.99 Å². The van der Waals surface area contributed by atoms with Crippen LogP contribution in [0.1, 0.15) is 24.8 Å². The number of hydrogen-bond acceptors (Lipinski definition) is 5. The van der Waals surface area contributed by atoms with Crippen LogP contribution in [0.25, 0.3) is 0 Å². The summed E-state index contributed by atoms with van der Waals surface area (Å²) in [6.07, 6.45) is 2.34. The van der Waals surface area contributed by atoms with Crippen molar-refractivity contribution in [2.45, 2.75) is 37.2 Å². The van der Waals surface area contributed by atoms with Crippen LogP contribution in [-0.4, -0.2) is 41.5 Å². The Hall–Kier alpha value is -1.57. The van der Waals surface area contributed by atoms with E-state index < -0.39 is 5.25 Å². The van der Waals surface area contributed by atoms with Crippen molar-refractivity contribution < 1.29 is 14.3 Å². The lowest BCUT2D eigenvalue weighted by atomic mass is 10.2. The SMILES string of the molecule is O=C(CC1SC(=NCC2CCCO2)NC1=O)NCc1ccc(Cl)cc1. The minimum atomic E-state index is -0.437. The molecule has 8 heteroatoms. The second kappa shape index (κ2) is 8.69. The largest absolute Gasteiger partial charge is 0.376 e. The number of hydrogen-bond donors (Lipinski definition) is 2. The number of ether oxygens (including phenoxy) is 1. The Morgan fingerprint density at radius 1 is 1.40 bits per heavy atom. The van der Waals surface area contributed by atoms with Gasteiger partial charge in [-0.05, 0) is 30.5 Å². The van der Waals surface area contributed by atoms with Crippen molar-refractivity contribution in [2.75, 3.05) is 13.2 Å². The Balaban J connectivity index is 1.43. The molecule has 0 aliphatic carbocycles. The number of thioether (sulfide) groups is 1. The Labute approximate surface area is 155 Å². The van der Waals surface area contributed by atoms with Crippen LogP contribution in [0.4, 0.5) is 0 Å². The molecule has 1 aromatic rings. The van der Waals surface area contributed by atoms with Gasteiger partial charge in [0.1, 0.15) is 5.25 Å². The number of carbonyl (C=O) groups is 2. The topological polar surface area (TPSA) is 79.8 Å². The lowest BCUT2D eigenvalue weighted by Gasteiger charge is -2.07. The van der Waals surface area contributed by atoms with Gasteiger partial charge in [0.15, 0.2) is 5.17 Å². The van der Waals surface area contributed by atoms with Gasteiger partial charge in [0, 0.05) is 24.6 Å². The molecule has 0 spiro atoms. The standard InChI is InChI=1S/C17H20ClN3O3S/c18-12-5-3-11(4-6-12)9-19-15(22)8-14-16(23)21-17(25-14)20-10-13-2-1-7-24-13/h3-6,13-14H,1-2,7-10H2,(H,19,22)(H,20,21,23). The number of nitrogens with zero attached hydrogens (tertiary/aromatic N) is 1. The van der Waals surface area contributed by atoms with E-state index >= 15 is 0 Å². The molecule has 134 valence electrons. The van der Waals surface area contributed by atoms with Crippen LogP contribution in [0.5, 0.6) is 0 Å². The second-order valence-corrected chi connectivity index (χ2v) is 7.61. The Morgan fingerprint density at radius 2 is 2.20 bits per heavy atom. The maximum absolute atomic E-state index is 12.1. The van der Waals surface area contributed by atoms with E-state index in [1.54, 1.807) is 12.1 Å². The molecule has 2 saturated heterocycles. The van der Waals surface area contributed by atoms with Crippen LogP contribution in [0.3, 0.4) is 0 Å². The van der Waals surface area contributed by atoms with E-state index in [2.05, 4.69) is 15.6 Å². The molecule has 2 fully saturated rings. The minimum absolute atomic E-state index is 0.128. The third-order valence-electron chi connectivity index (χ3n) is 4.01. The maximum Gasteiger partial charge on any atom is 0.240 e. The van der Waals surface area contributed by atoms with E-state index in [0.717, 1.165) is 25.0 Å². The fraction of sp³-hybridized carbons (Fsp3) is 0.471. The summed E-state index contributed by atoms with van der Waals surface area (Å²) in [4.78, 5) is 28.5. The molecule has 2 N–H and O–H groups in total. The fourth-order valence-corrected chi connectivity index (χ4v) is 3.74. The van der Waals surface area contributed by atoms with Gasteiger partial charge in [-0.3, -0.25) is 14.6 Å². The van der Waals surface area contributed by atoms with Crippen molar-refractivity contribution in [3.8, 4) is 0 Å². The van der Waals surface area contributed by atoms with Gasteiger partial charge in [-0.25, -0.2) is 0 Å². The number of nitrogens with one attached hydrogen (secondary N) is 2. The zero-order chi connectivity index (χ0) is 17.6. The van der Waals surface area contributed by atoms with E-state index in [1.165, 1.54) is 11.8 Å². The molecule has 0 radical (unpaired) electrons. The number of benzene rings is 1. The number of aliphatic imine (C=N–C) groups is 1. The highest BCUT2D eigenvalue weighted by atomic mass is 35.5. The minimum Gasteiger partial charge on any atom is -0.376 e. The molecule has 2 unspecified atom stereocenters. The van der Waals surface area contributed by atoms with Gasteiger partial charge in [-0.15, -0.1) is 0 Å². The smallest absolute Gasteiger partial charge is 0.240 e. The van der Waals surface area contributed by atoms with Crippen molar-refractivity contribution >= 4 is 40.3 Å². The lowest BCUT2D eigenvalue weighted by molar-refractivity contribution is -0.125. The van der Waals surface area contributed by atoms with Gasteiger partial charge in [-0.1, -0.05) is 35.5 Å². The summed E-state index contributed by atoms with van der Waals surface area (Å²) >= 11 is 7.14. The fourth-order valence-electron chi connectivity index (χ4n) is 2.63. The molecule has 2 aliphatic heterocycles. The van der Waals surface area contributed by atoms with Gasteiger partial charge in [-0.2, -0.15) is 0 Å². The summed E-state index contributed by atoms with van der Waals surface area (Å²) in [5.74, 6) is -0.333. The molecule has 2 heterocycles. The summed E-state index contributed by atoms with van der Waals surface area (Å²) in [6.45, 7) is 1.75. The first-order valence-electron chi connectivity index (χ1n) is 8.25. The van der Waals surface area contributed by atoms with E-state index in [1.807, 2.05) is 12.1 Å². The van der Waals surface area contributed by atoms with Gasteiger partial charge in [0.25, 0.3) is 0 Å².